The molecule has 5 rings (SSSR count). The molecule has 6 atom stereocenters. The van der Waals surface area contributed by atoms with Crippen molar-refractivity contribution in [3.8, 4) is 18.2 Å². The highest BCUT2D eigenvalue weighted by molar-refractivity contribution is 5.91. The first-order chi connectivity index (χ1) is 21.3. The number of rotatable bonds is 1. The highest BCUT2D eigenvalue weighted by atomic mass is 19.3. The molecule has 1 aliphatic carbocycles. The Morgan fingerprint density at radius 2 is 1.82 bits per heavy atom. The van der Waals surface area contributed by atoms with E-state index in [9.17, 15) is 14.4 Å². The minimum absolute atomic E-state index is 0.0313. The Morgan fingerprint density at radius 3 is 2.49 bits per heavy atom. The van der Waals surface area contributed by atoms with Crippen molar-refractivity contribution in [3.63, 3.8) is 0 Å². The predicted molar refractivity (Wildman–Crippen MR) is 160 cm³/mol. The fourth-order valence-electron chi connectivity index (χ4n) is 6.59. The van der Waals surface area contributed by atoms with Crippen molar-refractivity contribution in [2.45, 2.75) is 95.9 Å². The zero-order valence-electron chi connectivity index (χ0n) is 26.1. The molecule has 2 bridgehead atoms. The molecule has 2 aromatic rings. The van der Waals surface area contributed by atoms with E-state index in [2.05, 4.69) is 21.2 Å². The topological polar surface area (TPSA) is 120 Å². The number of hydrogen-bond donors (Lipinski definition) is 1. The maximum absolute atomic E-state index is 15.9. The lowest BCUT2D eigenvalue weighted by atomic mass is 9.85. The first-order valence-electron chi connectivity index (χ1n) is 15.4. The van der Waals surface area contributed by atoms with E-state index in [1.807, 2.05) is 0 Å². The summed E-state index contributed by atoms with van der Waals surface area (Å²) in [5, 5.41) is 2.74. The van der Waals surface area contributed by atoms with E-state index in [0.29, 0.717) is 36.7 Å². The number of ether oxygens (including phenoxy) is 3. The summed E-state index contributed by atoms with van der Waals surface area (Å²) in [5.41, 5.74) is -0.703. The van der Waals surface area contributed by atoms with Crippen LogP contribution in [0.5, 0.6) is 5.88 Å². The Bertz CT molecular complexity index is 1490. The summed E-state index contributed by atoms with van der Waals surface area (Å²) in [6.07, 6.45) is 5.22. The largest absolute Gasteiger partial charge is 0.471 e. The molecule has 12 heteroatoms. The van der Waals surface area contributed by atoms with E-state index >= 15 is 8.78 Å². The zero-order chi connectivity index (χ0) is 32.5. The molecule has 1 saturated carbocycles. The number of carbonyl (C=O) groups excluding carboxylic acids is 3. The first-order valence-corrected chi connectivity index (χ1v) is 15.4. The zero-order valence-corrected chi connectivity index (χ0v) is 26.1. The maximum atomic E-state index is 15.9. The predicted octanol–water partition coefficient (Wildman–Crippen LogP) is 4.99. The molecule has 1 aromatic carbocycles. The van der Waals surface area contributed by atoms with E-state index < -0.39 is 65.7 Å². The van der Waals surface area contributed by atoms with Crippen LogP contribution in [0.2, 0.25) is 0 Å². The number of nitrogens with one attached hydrogen (secondary N) is 1. The second kappa shape index (κ2) is 12.8. The first kappa shape index (κ1) is 32.4. The molecular formula is C33H40F2N4O6. The van der Waals surface area contributed by atoms with Crippen LogP contribution in [0, 0.1) is 29.6 Å². The van der Waals surface area contributed by atoms with Gasteiger partial charge in [0.25, 0.3) is 5.92 Å². The fraction of sp³-hybridized carbons (Fsp3) is 0.606. The van der Waals surface area contributed by atoms with Crippen LogP contribution in [0.3, 0.4) is 0 Å². The van der Waals surface area contributed by atoms with Crippen LogP contribution in [0.4, 0.5) is 13.6 Å². The molecule has 2 amide bonds. The van der Waals surface area contributed by atoms with Crippen molar-refractivity contribution in [2.24, 2.45) is 17.3 Å². The van der Waals surface area contributed by atoms with Gasteiger partial charge in [0.2, 0.25) is 11.8 Å². The lowest BCUT2D eigenvalue weighted by molar-refractivity contribution is -0.152. The van der Waals surface area contributed by atoms with E-state index in [-0.39, 0.29) is 37.1 Å². The van der Waals surface area contributed by atoms with Crippen molar-refractivity contribution in [3.05, 3.63) is 30.0 Å². The van der Waals surface area contributed by atoms with Gasteiger partial charge in [-0.15, -0.1) is 12.3 Å². The van der Waals surface area contributed by atoms with Crippen molar-refractivity contribution < 1.29 is 37.4 Å². The van der Waals surface area contributed by atoms with Gasteiger partial charge in [-0.3, -0.25) is 4.79 Å². The summed E-state index contributed by atoms with van der Waals surface area (Å²) in [6.45, 7) is 5.22. The van der Waals surface area contributed by atoms with Crippen molar-refractivity contribution in [2.75, 3.05) is 13.7 Å². The number of para-hydroxylation sites is 2. The number of alkyl carbamates (subject to hydrolysis) is 1. The summed E-state index contributed by atoms with van der Waals surface area (Å²) in [5.74, 6) is -2.46. The van der Waals surface area contributed by atoms with Gasteiger partial charge in [0.05, 0.1) is 24.7 Å². The molecule has 1 aromatic heterocycles. The van der Waals surface area contributed by atoms with Crippen LogP contribution in [0.15, 0.2) is 24.3 Å². The number of aromatic nitrogens is 2. The third-order valence-electron chi connectivity index (χ3n) is 9.00. The molecule has 3 heterocycles. The number of nitrogens with zero attached hydrogens (tertiary/aromatic N) is 3. The highest BCUT2D eigenvalue weighted by Crippen LogP contribution is 2.41. The normalized spacial score (nSPS) is 29.2. The Kier molecular flexibility index (Phi) is 9.19. The number of hydrogen-bond acceptors (Lipinski definition) is 8. The number of benzene rings is 1. The number of carbonyl (C=O) groups is 3. The minimum atomic E-state index is -3.38. The minimum Gasteiger partial charge on any atom is -0.471 e. The van der Waals surface area contributed by atoms with E-state index in [0.717, 1.165) is 0 Å². The smallest absolute Gasteiger partial charge is 0.408 e. The van der Waals surface area contributed by atoms with Gasteiger partial charge in [-0.2, -0.15) is 8.78 Å². The molecule has 10 nitrogen and oxygen atoms in total. The lowest BCUT2D eigenvalue weighted by Gasteiger charge is -2.35. The standard InChI is InChI=1S/C33H40F2N4O6/c1-6-19-15-20-11-9-10-14-33(34,35)26-28(37-23-13-8-7-12-22(23)36-26)44-21-17-24(30(41)43-5)39(18-21)29(40)27(32(2,3)4)38-31(42)45-25(20)16-19/h1,7-8,12-13,19-21,24-25,27H,9-11,14-18H2,2-5H3,(H,38,42)/t19-,20-,21-,24+,25-,27-/m1/s1. The highest BCUT2D eigenvalue weighted by Gasteiger charge is 2.48. The third kappa shape index (κ3) is 6.97. The molecule has 242 valence electrons. The molecule has 3 aliphatic rings. The number of alkyl halides is 2. The number of fused-ring (bicyclic) bond motifs is 5. The third-order valence-corrected chi connectivity index (χ3v) is 9.00. The molecule has 0 spiro atoms. The van der Waals surface area contributed by atoms with Crippen molar-refractivity contribution in [1.29, 1.82) is 0 Å². The summed E-state index contributed by atoms with van der Waals surface area (Å²) in [6, 6.07) is 4.51. The Labute approximate surface area is 261 Å². The van der Waals surface area contributed by atoms with Crippen LogP contribution < -0.4 is 10.1 Å². The van der Waals surface area contributed by atoms with Crippen LogP contribution in [0.1, 0.15) is 71.4 Å². The summed E-state index contributed by atoms with van der Waals surface area (Å²) in [7, 11) is 1.20. The van der Waals surface area contributed by atoms with Gasteiger partial charge in [-0.25, -0.2) is 19.6 Å². The molecule has 0 radical (unpaired) electrons. The van der Waals surface area contributed by atoms with Crippen molar-refractivity contribution in [1.82, 2.24) is 20.2 Å². The van der Waals surface area contributed by atoms with Crippen LogP contribution in [0.25, 0.3) is 11.0 Å². The molecular weight excluding hydrogens is 586 g/mol. The van der Waals surface area contributed by atoms with Gasteiger partial charge < -0.3 is 24.4 Å². The quantitative estimate of drug-likeness (QED) is 0.348. The Hall–Kier alpha value is -4.01. The molecule has 2 aliphatic heterocycles. The summed E-state index contributed by atoms with van der Waals surface area (Å²) < 4.78 is 48.7. The maximum Gasteiger partial charge on any atom is 0.408 e. The SMILES string of the molecule is C#C[C@@H]1C[C@H]2CCCCC(F)(F)c3nc4ccccc4nc3O[C@@H]3C[C@@H](C(=O)OC)N(C3)C(=O)[C@H](C(C)(C)C)NC(=O)O[C@@H]2C1. The number of terminal acetylenes is 1. The average molecular weight is 627 g/mol. The van der Waals surface area contributed by atoms with Gasteiger partial charge >= 0.3 is 12.1 Å². The van der Waals surface area contributed by atoms with Crippen molar-refractivity contribution >= 4 is 29.0 Å². The van der Waals surface area contributed by atoms with Gasteiger partial charge in [0.15, 0.2) is 5.69 Å². The summed E-state index contributed by atoms with van der Waals surface area (Å²) in [4.78, 5) is 50.2. The second-order valence-corrected chi connectivity index (χ2v) is 13.3. The average Bonchev–Trinajstić information content (AvgIpc) is 3.59. The molecule has 2 fully saturated rings. The van der Waals surface area contributed by atoms with E-state index in [1.54, 1.807) is 45.0 Å². The van der Waals surface area contributed by atoms with Crippen LogP contribution in [-0.4, -0.2) is 70.8 Å². The fourth-order valence-corrected chi connectivity index (χ4v) is 6.59. The van der Waals surface area contributed by atoms with Gasteiger partial charge in [-0.1, -0.05) is 39.3 Å². The molecule has 1 N–H and O–H groups in total. The van der Waals surface area contributed by atoms with Gasteiger partial charge in [0.1, 0.15) is 24.3 Å². The van der Waals surface area contributed by atoms with Crippen LogP contribution >= 0.6 is 0 Å². The van der Waals surface area contributed by atoms with E-state index in [1.165, 1.54) is 12.0 Å². The number of amides is 2. The molecule has 1 saturated heterocycles. The summed E-state index contributed by atoms with van der Waals surface area (Å²) >= 11 is 0. The van der Waals surface area contributed by atoms with Gasteiger partial charge in [0, 0.05) is 18.8 Å². The number of esters is 1. The van der Waals surface area contributed by atoms with Gasteiger partial charge in [-0.05, 0) is 49.1 Å². The monoisotopic (exact) mass is 626 g/mol. The molecule has 45 heavy (non-hydrogen) atoms. The number of methoxy groups -OCH3 is 1. The van der Waals surface area contributed by atoms with Crippen LogP contribution in [-0.2, 0) is 25.0 Å². The Balaban J connectivity index is 1.55. The number of halogens is 2. The second-order valence-electron chi connectivity index (χ2n) is 13.3. The van der Waals surface area contributed by atoms with E-state index in [4.69, 9.17) is 20.6 Å². The lowest BCUT2D eigenvalue weighted by Crippen LogP contribution is -2.57. The Morgan fingerprint density at radius 1 is 1.11 bits per heavy atom. The molecule has 0 unspecified atom stereocenters.